The molecule has 0 bridgehead atoms. The first-order valence-electron chi connectivity index (χ1n) is 4.62. The summed E-state index contributed by atoms with van der Waals surface area (Å²) in [5.41, 5.74) is 0.800. The first kappa shape index (κ1) is 11.6. The minimum Gasteiger partial charge on any atom is -0.334 e. The van der Waals surface area contributed by atoms with Gasteiger partial charge in [0.2, 0.25) is 0 Å². The van der Waals surface area contributed by atoms with Gasteiger partial charge in [-0.2, -0.15) is 4.98 Å². The van der Waals surface area contributed by atoms with Gasteiger partial charge in [0.05, 0.1) is 6.54 Å². The predicted octanol–water partition coefficient (Wildman–Crippen LogP) is 2.87. The van der Waals surface area contributed by atoms with Gasteiger partial charge in [-0.05, 0) is 25.2 Å². The van der Waals surface area contributed by atoms with Crippen LogP contribution in [0.1, 0.15) is 5.82 Å². The van der Waals surface area contributed by atoms with E-state index in [2.05, 4.69) is 31.4 Å². The van der Waals surface area contributed by atoms with E-state index in [-0.39, 0.29) is 0 Å². The van der Waals surface area contributed by atoms with E-state index in [4.69, 9.17) is 16.1 Å². The Balaban J connectivity index is 2.34. The van der Waals surface area contributed by atoms with E-state index >= 15 is 0 Å². The Morgan fingerprint density at radius 3 is 2.94 bits per heavy atom. The predicted molar refractivity (Wildman–Crippen MR) is 65.2 cm³/mol. The summed E-state index contributed by atoms with van der Waals surface area (Å²) >= 11 is 9.30. The van der Waals surface area contributed by atoms with E-state index in [0.29, 0.717) is 23.3 Å². The van der Waals surface area contributed by atoms with Gasteiger partial charge in [-0.1, -0.05) is 32.7 Å². The van der Waals surface area contributed by atoms with Crippen LogP contribution < -0.4 is 5.32 Å². The van der Waals surface area contributed by atoms with Gasteiger partial charge in [-0.15, -0.1) is 0 Å². The number of hydrogen-bond donors (Lipinski definition) is 1. The highest BCUT2D eigenvalue weighted by Crippen LogP contribution is 2.26. The standard InChI is InChI=1S/C10H9BrClN3O/c1-13-5-9-14-10(16-15-9)6-2-7(11)4-8(12)3-6/h2-4,13H,5H2,1H3. The van der Waals surface area contributed by atoms with Crippen molar-refractivity contribution >= 4 is 27.5 Å². The third-order valence-electron chi connectivity index (χ3n) is 1.91. The highest BCUT2D eigenvalue weighted by atomic mass is 79.9. The molecule has 0 saturated heterocycles. The number of nitrogens with one attached hydrogen (secondary N) is 1. The van der Waals surface area contributed by atoms with Gasteiger partial charge in [0.1, 0.15) is 0 Å². The number of hydrogen-bond acceptors (Lipinski definition) is 4. The first-order valence-corrected chi connectivity index (χ1v) is 5.80. The fourth-order valence-electron chi connectivity index (χ4n) is 1.28. The second kappa shape index (κ2) is 4.95. The molecule has 2 rings (SSSR count). The van der Waals surface area contributed by atoms with Crippen molar-refractivity contribution in [2.24, 2.45) is 0 Å². The van der Waals surface area contributed by atoms with Crippen molar-refractivity contribution < 1.29 is 4.52 Å². The Hall–Kier alpha value is -0.910. The topological polar surface area (TPSA) is 51.0 Å². The number of halogens is 2. The summed E-state index contributed by atoms with van der Waals surface area (Å²) < 4.78 is 6.01. The third kappa shape index (κ3) is 2.61. The van der Waals surface area contributed by atoms with Gasteiger partial charge < -0.3 is 9.84 Å². The quantitative estimate of drug-likeness (QED) is 0.947. The Labute approximate surface area is 106 Å². The Morgan fingerprint density at radius 2 is 2.25 bits per heavy atom. The number of benzene rings is 1. The van der Waals surface area contributed by atoms with Gasteiger partial charge in [-0.25, -0.2) is 0 Å². The van der Waals surface area contributed by atoms with Crippen LogP contribution in [0.15, 0.2) is 27.2 Å². The fourth-order valence-corrected chi connectivity index (χ4v) is 2.14. The summed E-state index contributed by atoms with van der Waals surface area (Å²) in [5.74, 6) is 1.09. The zero-order valence-electron chi connectivity index (χ0n) is 8.50. The molecule has 0 aliphatic carbocycles. The molecule has 0 aliphatic rings. The zero-order valence-corrected chi connectivity index (χ0v) is 10.8. The Kier molecular flexibility index (Phi) is 3.58. The molecule has 1 heterocycles. The molecule has 0 fully saturated rings. The van der Waals surface area contributed by atoms with Crippen molar-refractivity contribution in [2.45, 2.75) is 6.54 Å². The third-order valence-corrected chi connectivity index (χ3v) is 2.59. The van der Waals surface area contributed by atoms with Gasteiger partial charge in [0.15, 0.2) is 5.82 Å². The highest BCUT2D eigenvalue weighted by Gasteiger charge is 2.09. The lowest BCUT2D eigenvalue weighted by Crippen LogP contribution is -2.06. The summed E-state index contributed by atoms with van der Waals surface area (Å²) in [6.07, 6.45) is 0. The van der Waals surface area contributed by atoms with E-state index in [1.54, 1.807) is 12.1 Å². The molecule has 0 spiro atoms. The van der Waals surface area contributed by atoms with Crippen LogP contribution in [-0.4, -0.2) is 17.2 Å². The van der Waals surface area contributed by atoms with E-state index in [1.165, 1.54) is 0 Å². The van der Waals surface area contributed by atoms with Crippen molar-refractivity contribution in [3.63, 3.8) is 0 Å². The summed E-state index contributed by atoms with van der Waals surface area (Å²) in [6, 6.07) is 5.46. The smallest absolute Gasteiger partial charge is 0.258 e. The van der Waals surface area contributed by atoms with E-state index in [1.807, 2.05) is 13.1 Å². The monoisotopic (exact) mass is 301 g/mol. The molecule has 2 aromatic rings. The van der Waals surface area contributed by atoms with Gasteiger partial charge >= 0.3 is 0 Å². The Morgan fingerprint density at radius 1 is 1.44 bits per heavy atom. The number of aromatic nitrogens is 2. The largest absolute Gasteiger partial charge is 0.334 e. The highest BCUT2D eigenvalue weighted by molar-refractivity contribution is 9.10. The zero-order chi connectivity index (χ0) is 11.5. The molecule has 0 aliphatic heterocycles. The minimum atomic E-state index is 0.466. The molecule has 0 atom stereocenters. The lowest BCUT2D eigenvalue weighted by Gasteiger charge is -1.97. The average Bonchev–Trinajstić information content (AvgIpc) is 2.65. The average molecular weight is 303 g/mol. The van der Waals surface area contributed by atoms with Gasteiger partial charge in [0.25, 0.3) is 5.89 Å². The lowest BCUT2D eigenvalue weighted by atomic mass is 10.2. The molecular formula is C10H9BrClN3O. The van der Waals surface area contributed by atoms with Crippen LogP contribution in [0.4, 0.5) is 0 Å². The SMILES string of the molecule is CNCc1noc(-c2cc(Cl)cc(Br)c2)n1. The van der Waals surface area contributed by atoms with Crippen LogP contribution in [-0.2, 0) is 6.54 Å². The second-order valence-electron chi connectivity index (χ2n) is 3.20. The van der Waals surface area contributed by atoms with Crippen LogP contribution >= 0.6 is 27.5 Å². The molecule has 6 heteroatoms. The van der Waals surface area contributed by atoms with Crippen molar-refractivity contribution in [1.29, 1.82) is 0 Å². The molecule has 0 unspecified atom stereocenters. The number of nitrogens with zero attached hydrogens (tertiary/aromatic N) is 2. The maximum Gasteiger partial charge on any atom is 0.258 e. The summed E-state index contributed by atoms with van der Waals surface area (Å²) in [6.45, 7) is 0.575. The van der Waals surface area contributed by atoms with E-state index in [9.17, 15) is 0 Å². The van der Waals surface area contributed by atoms with Crippen LogP contribution in [0, 0.1) is 0 Å². The summed E-state index contributed by atoms with van der Waals surface area (Å²) in [7, 11) is 1.83. The first-order chi connectivity index (χ1) is 7.69. The molecule has 84 valence electrons. The second-order valence-corrected chi connectivity index (χ2v) is 4.56. The maximum atomic E-state index is 5.94. The van der Waals surface area contributed by atoms with Crippen LogP contribution in [0.25, 0.3) is 11.5 Å². The van der Waals surface area contributed by atoms with Gasteiger partial charge in [0, 0.05) is 15.1 Å². The van der Waals surface area contributed by atoms with Crippen molar-refractivity contribution in [3.05, 3.63) is 33.5 Å². The molecule has 16 heavy (non-hydrogen) atoms. The molecule has 1 aromatic carbocycles. The Bertz CT molecular complexity index is 480. The fraction of sp³-hybridized carbons (Fsp3) is 0.200. The van der Waals surface area contributed by atoms with E-state index < -0.39 is 0 Å². The number of rotatable bonds is 3. The summed E-state index contributed by atoms with van der Waals surface area (Å²) in [5, 5.41) is 7.41. The molecular weight excluding hydrogens is 293 g/mol. The van der Waals surface area contributed by atoms with Crippen molar-refractivity contribution in [3.8, 4) is 11.5 Å². The molecule has 0 radical (unpaired) electrons. The van der Waals surface area contributed by atoms with Crippen LogP contribution in [0.2, 0.25) is 5.02 Å². The van der Waals surface area contributed by atoms with Gasteiger partial charge in [-0.3, -0.25) is 0 Å². The molecule has 1 aromatic heterocycles. The molecule has 1 N–H and O–H groups in total. The van der Waals surface area contributed by atoms with Crippen LogP contribution in [0.5, 0.6) is 0 Å². The normalized spacial score (nSPS) is 10.7. The lowest BCUT2D eigenvalue weighted by molar-refractivity contribution is 0.420. The molecule has 4 nitrogen and oxygen atoms in total. The maximum absolute atomic E-state index is 5.94. The molecule has 0 amide bonds. The van der Waals surface area contributed by atoms with Crippen molar-refractivity contribution in [1.82, 2.24) is 15.5 Å². The van der Waals surface area contributed by atoms with Crippen molar-refractivity contribution in [2.75, 3.05) is 7.05 Å². The van der Waals surface area contributed by atoms with E-state index in [0.717, 1.165) is 10.0 Å². The van der Waals surface area contributed by atoms with Crippen LogP contribution in [0.3, 0.4) is 0 Å². The minimum absolute atomic E-state index is 0.466. The summed E-state index contributed by atoms with van der Waals surface area (Å²) in [4.78, 5) is 4.23. The molecule has 0 saturated carbocycles.